The lowest BCUT2D eigenvalue weighted by Crippen LogP contribution is -2.14. The van der Waals surface area contributed by atoms with E-state index < -0.39 is 0 Å². The van der Waals surface area contributed by atoms with E-state index in [0.29, 0.717) is 6.10 Å². The molecule has 0 bridgehead atoms. The molecule has 0 radical (unpaired) electrons. The lowest BCUT2D eigenvalue weighted by molar-refractivity contribution is 0.0285. The third kappa shape index (κ3) is 2.72. The van der Waals surface area contributed by atoms with Crippen molar-refractivity contribution >= 4 is 17.4 Å². The Kier molecular flexibility index (Phi) is 4.65. The molecule has 1 heterocycles. The topological polar surface area (TPSA) is 9.23 Å². The van der Waals surface area contributed by atoms with Crippen molar-refractivity contribution in [1.82, 2.24) is 0 Å². The summed E-state index contributed by atoms with van der Waals surface area (Å²) in [4.78, 5) is 0. The van der Waals surface area contributed by atoms with Crippen molar-refractivity contribution in [3.63, 3.8) is 0 Å². The first kappa shape index (κ1) is 8.49. The molecule has 0 aromatic heterocycles. The highest BCUT2D eigenvalue weighted by Gasteiger charge is 2.05. The van der Waals surface area contributed by atoms with Crippen LogP contribution in [-0.4, -0.2) is 30.1 Å². The lowest BCUT2D eigenvalue weighted by Gasteiger charge is -2.17. The Hall–Kier alpha value is 0.492. The smallest absolute Gasteiger partial charge is 0.187 e. The molecule has 0 aromatic rings. The van der Waals surface area contributed by atoms with Crippen LogP contribution in [0.3, 0.4) is 0 Å². The average Bonchev–Trinajstić information content (AvgIpc) is 1.69. The molecule has 1 aliphatic rings. The second-order valence-electron chi connectivity index (χ2n) is 2.18. The molecule has 1 nitrogen and oxygen atoms in total. The highest BCUT2D eigenvalue weighted by molar-refractivity contribution is 5.75. The van der Waals surface area contributed by atoms with E-state index in [1.165, 1.54) is 19.3 Å². The summed E-state index contributed by atoms with van der Waals surface area (Å²) in [6.07, 6.45) is 4.43. The van der Waals surface area contributed by atoms with E-state index in [0.717, 1.165) is 6.61 Å². The van der Waals surface area contributed by atoms with Gasteiger partial charge in [-0.1, -0.05) is 0 Å². The molecule has 1 rings (SSSR count). The minimum Gasteiger partial charge on any atom is -0.379 e. The Labute approximate surface area is 61.5 Å². The van der Waals surface area contributed by atoms with Crippen LogP contribution in [0.1, 0.15) is 26.2 Å². The first-order valence-electron chi connectivity index (χ1n) is 3.01. The average molecular weight is 130 g/mol. The minimum absolute atomic E-state index is 0. The van der Waals surface area contributed by atoms with Crippen molar-refractivity contribution in [1.29, 1.82) is 0 Å². The van der Waals surface area contributed by atoms with Gasteiger partial charge in [-0.25, -0.2) is 0 Å². The number of hydrogen-bond donors (Lipinski definition) is 0. The van der Waals surface area contributed by atoms with Gasteiger partial charge in [-0.05, 0) is 26.2 Å². The van der Waals surface area contributed by atoms with Crippen LogP contribution in [0.5, 0.6) is 0 Å². The second-order valence-corrected chi connectivity index (χ2v) is 2.18. The molecular weight excluding hydrogens is 115 g/mol. The summed E-state index contributed by atoms with van der Waals surface area (Å²) in [5, 5.41) is 0. The first-order valence-corrected chi connectivity index (χ1v) is 3.01. The maximum Gasteiger partial charge on any atom is 0.187 e. The summed E-state index contributed by atoms with van der Waals surface area (Å²) in [6, 6.07) is 0. The van der Waals surface area contributed by atoms with Crippen molar-refractivity contribution in [3.05, 3.63) is 0 Å². The summed E-state index contributed by atoms with van der Waals surface area (Å²) in [6.45, 7) is 3.13. The third-order valence-electron chi connectivity index (χ3n) is 1.41. The molecule has 1 atom stereocenters. The molecule has 0 amide bonds. The fraction of sp³-hybridized carbons (Fsp3) is 1.00. The zero-order chi connectivity index (χ0) is 5.11. The van der Waals surface area contributed by atoms with Crippen molar-refractivity contribution in [2.45, 2.75) is 32.3 Å². The molecular formula is C6H15AlO. The van der Waals surface area contributed by atoms with Crippen molar-refractivity contribution in [3.8, 4) is 0 Å². The number of hydrogen-bond acceptors (Lipinski definition) is 1. The lowest BCUT2D eigenvalue weighted by atomic mass is 10.1. The molecule has 8 heavy (non-hydrogen) atoms. The molecule has 0 N–H and O–H groups in total. The Morgan fingerprint density at radius 1 is 1.38 bits per heavy atom. The van der Waals surface area contributed by atoms with Gasteiger partial charge in [0, 0.05) is 6.61 Å². The predicted octanol–water partition coefficient (Wildman–Crippen LogP) is 0.392. The van der Waals surface area contributed by atoms with Gasteiger partial charge in [-0.2, -0.15) is 0 Å². The van der Waals surface area contributed by atoms with Crippen molar-refractivity contribution in [2.75, 3.05) is 6.61 Å². The number of ether oxygens (including phenoxy) is 1. The second kappa shape index (κ2) is 4.38. The molecule has 2 heteroatoms. The molecule has 0 spiro atoms. The van der Waals surface area contributed by atoms with Gasteiger partial charge < -0.3 is 4.74 Å². The zero-order valence-corrected chi connectivity index (χ0v) is 4.81. The van der Waals surface area contributed by atoms with E-state index in [2.05, 4.69) is 6.92 Å². The Balaban J connectivity index is 0.000000490. The number of rotatable bonds is 0. The van der Waals surface area contributed by atoms with E-state index in [9.17, 15) is 0 Å². The summed E-state index contributed by atoms with van der Waals surface area (Å²) >= 11 is 0. The maximum atomic E-state index is 5.28. The van der Waals surface area contributed by atoms with Crippen molar-refractivity contribution in [2.24, 2.45) is 0 Å². The Morgan fingerprint density at radius 3 is 2.38 bits per heavy atom. The van der Waals surface area contributed by atoms with E-state index in [1.807, 2.05) is 0 Å². The fourth-order valence-corrected chi connectivity index (χ4v) is 0.902. The minimum atomic E-state index is 0. The molecule has 1 saturated heterocycles. The van der Waals surface area contributed by atoms with E-state index in [-0.39, 0.29) is 17.4 Å². The largest absolute Gasteiger partial charge is 0.379 e. The summed E-state index contributed by atoms with van der Waals surface area (Å²) in [5.41, 5.74) is 0. The van der Waals surface area contributed by atoms with E-state index in [4.69, 9.17) is 4.74 Å². The molecule has 48 valence electrons. The van der Waals surface area contributed by atoms with Crippen LogP contribution >= 0.6 is 0 Å². The fourth-order valence-electron chi connectivity index (χ4n) is 0.902. The van der Waals surface area contributed by atoms with Crippen LogP contribution in [-0.2, 0) is 4.74 Å². The van der Waals surface area contributed by atoms with Crippen molar-refractivity contribution < 1.29 is 4.74 Å². The first-order chi connectivity index (χ1) is 3.39. The Bertz CT molecular complexity index is 50.5. The Morgan fingerprint density at radius 2 is 2.12 bits per heavy atom. The van der Waals surface area contributed by atoms with Gasteiger partial charge >= 0.3 is 0 Å². The normalized spacial score (nSPS) is 28.9. The van der Waals surface area contributed by atoms with E-state index >= 15 is 0 Å². The third-order valence-corrected chi connectivity index (χ3v) is 1.41. The van der Waals surface area contributed by atoms with Crippen LogP contribution in [0, 0.1) is 0 Å². The predicted molar refractivity (Wildman–Crippen MR) is 39.2 cm³/mol. The zero-order valence-electron chi connectivity index (χ0n) is 4.81. The highest BCUT2D eigenvalue weighted by atomic mass is 27.0. The van der Waals surface area contributed by atoms with Crippen LogP contribution in [0.2, 0.25) is 0 Å². The van der Waals surface area contributed by atoms with Gasteiger partial charge in [0.25, 0.3) is 0 Å². The van der Waals surface area contributed by atoms with Gasteiger partial charge in [0.05, 0.1) is 6.10 Å². The molecule has 0 saturated carbocycles. The monoisotopic (exact) mass is 130 g/mol. The summed E-state index contributed by atoms with van der Waals surface area (Å²) in [7, 11) is 0. The van der Waals surface area contributed by atoms with Gasteiger partial charge in [-0.3, -0.25) is 0 Å². The molecule has 1 aliphatic heterocycles. The standard InChI is InChI=1S/C6H12O.Al.3H/c1-6-4-2-3-5-7-6;;;;/h6H,2-5H2,1H3;;;;. The van der Waals surface area contributed by atoms with Gasteiger partial charge in [0.15, 0.2) is 17.4 Å². The van der Waals surface area contributed by atoms with Crippen LogP contribution in [0.25, 0.3) is 0 Å². The SMILES string of the molecule is CC1CCCCO1.[AlH3]. The van der Waals surface area contributed by atoms with Crippen LogP contribution in [0.15, 0.2) is 0 Å². The quantitative estimate of drug-likeness (QED) is 0.431. The van der Waals surface area contributed by atoms with E-state index in [1.54, 1.807) is 0 Å². The summed E-state index contributed by atoms with van der Waals surface area (Å²) < 4.78 is 5.28. The summed E-state index contributed by atoms with van der Waals surface area (Å²) in [5.74, 6) is 0. The molecule has 0 aromatic carbocycles. The molecule has 1 unspecified atom stereocenters. The van der Waals surface area contributed by atoms with Crippen LogP contribution < -0.4 is 0 Å². The maximum absolute atomic E-state index is 5.28. The van der Waals surface area contributed by atoms with Gasteiger partial charge in [-0.15, -0.1) is 0 Å². The van der Waals surface area contributed by atoms with Gasteiger partial charge in [0.2, 0.25) is 0 Å². The van der Waals surface area contributed by atoms with Gasteiger partial charge in [0.1, 0.15) is 0 Å². The molecule has 0 aliphatic carbocycles. The molecule has 1 fully saturated rings. The van der Waals surface area contributed by atoms with Crippen LogP contribution in [0.4, 0.5) is 0 Å². The highest BCUT2D eigenvalue weighted by Crippen LogP contribution is 2.10.